The number of rotatable bonds is 5. The first-order valence-electron chi connectivity index (χ1n) is 9.53. The van der Waals surface area contributed by atoms with Crippen LogP contribution in [0.25, 0.3) is 32.9 Å². The average molecular weight is 445 g/mol. The summed E-state index contributed by atoms with van der Waals surface area (Å²) in [6.07, 6.45) is 0. The Labute approximate surface area is 184 Å². The molecule has 0 amide bonds. The van der Waals surface area contributed by atoms with E-state index in [0.29, 0.717) is 5.52 Å². The van der Waals surface area contributed by atoms with Crippen molar-refractivity contribution in [2.24, 2.45) is 0 Å². The SMILES string of the molecule is COc1nc(-c2nnc(C(=O)c3nc4ccc(-c5ccccc5)cc4s3)o2)c(C)c(=O)[nH]1. The topological polar surface area (TPSA) is 124 Å². The Kier molecular flexibility index (Phi) is 4.83. The number of carbonyl (C=O) groups is 1. The number of nitrogens with one attached hydrogen (secondary N) is 1. The van der Waals surface area contributed by atoms with Gasteiger partial charge in [-0.2, -0.15) is 4.98 Å². The van der Waals surface area contributed by atoms with Crippen molar-refractivity contribution in [3.05, 3.63) is 75.3 Å². The quantitative estimate of drug-likeness (QED) is 0.407. The van der Waals surface area contributed by atoms with Gasteiger partial charge in [0.1, 0.15) is 5.69 Å². The predicted molar refractivity (Wildman–Crippen MR) is 118 cm³/mol. The fourth-order valence-electron chi connectivity index (χ4n) is 3.15. The maximum atomic E-state index is 12.9. The van der Waals surface area contributed by atoms with E-state index in [0.717, 1.165) is 15.8 Å². The van der Waals surface area contributed by atoms with Crippen molar-refractivity contribution in [3.8, 4) is 28.7 Å². The highest BCUT2D eigenvalue weighted by Gasteiger charge is 2.23. The van der Waals surface area contributed by atoms with Crippen LogP contribution in [0, 0.1) is 6.92 Å². The highest BCUT2D eigenvalue weighted by atomic mass is 32.1. The smallest absolute Gasteiger partial charge is 0.296 e. The number of methoxy groups -OCH3 is 1. The van der Waals surface area contributed by atoms with Crippen molar-refractivity contribution in [1.82, 2.24) is 25.1 Å². The van der Waals surface area contributed by atoms with Crippen LogP contribution in [-0.2, 0) is 0 Å². The molecule has 1 N–H and O–H groups in total. The van der Waals surface area contributed by atoms with Gasteiger partial charge in [-0.05, 0) is 30.2 Å². The van der Waals surface area contributed by atoms with E-state index >= 15 is 0 Å². The fraction of sp³-hybridized carbons (Fsp3) is 0.0909. The summed E-state index contributed by atoms with van der Waals surface area (Å²) in [7, 11) is 1.37. The second-order valence-corrected chi connectivity index (χ2v) is 7.89. The summed E-state index contributed by atoms with van der Waals surface area (Å²) in [5, 5.41) is 7.95. The number of carbonyl (C=O) groups excluding carboxylic acids is 1. The van der Waals surface area contributed by atoms with E-state index in [1.165, 1.54) is 18.4 Å². The Morgan fingerprint density at radius 2 is 1.88 bits per heavy atom. The van der Waals surface area contributed by atoms with E-state index in [2.05, 4.69) is 25.1 Å². The first kappa shape index (κ1) is 19.8. The molecule has 0 aliphatic rings. The Morgan fingerprint density at radius 1 is 1.06 bits per heavy atom. The molecule has 0 saturated carbocycles. The van der Waals surface area contributed by atoms with Crippen molar-refractivity contribution in [2.75, 3.05) is 7.11 Å². The molecule has 0 fully saturated rings. The molecule has 2 aromatic carbocycles. The number of benzene rings is 2. The molecule has 0 unspecified atom stereocenters. The Balaban J connectivity index is 1.48. The Bertz CT molecular complexity index is 1520. The van der Waals surface area contributed by atoms with Gasteiger partial charge in [-0.15, -0.1) is 21.5 Å². The molecule has 0 saturated heterocycles. The molecule has 5 aromatic rings. The van der Waals surface area contributed by atoms with Gasteiger partial charge in [0, 0.05) is 5.56 Å². The lowest BCUT2D eigenvalue weighted by Crippen LogP contribution is -2.14. The maximum absolute atomic E-state index is 12.9. The maximum Gasteiger partial charge on any atom is 0.296 e. The first-order chi connectivity index (χ1) is 15.5. The molecule has 0 spiro atoms. The number of ether oxygens (including phenoxy) is 1. The van der Waals surface area contributed by atoms with Crippen LogP contribution in [0.2, 0.25) is 0 Å². The van der Waals surface area contributed by atoms with E-state index in [9.17, 15) is 9.59 Å². The first-order valence-corrected chi connectivity index (χ1v) is 10.3. The molecule has 0 aliphatic heterocycles. The number of nitrogens with zero attached hydrogens (tertiary/aromatic N) is 4. The van der Waals surface area contributed by atoms with E-state index < -0.39 is 11.3 Å². The molecule has 10 heteroatoms. The number of aromatic nitrogens is 5. The van der Waals surface area contributed by atoms with Crippen molar-refractivity contribution in [3.63, 3.8) is 0 Å². The zero-order chi connectivity index (χ0) is 22.2. The molecular formula is C22H15N5O4S. The molecule has 0 radical (unpaired) electrons. The summed E-state index contributed by atoms with van der Waals surface area (Å²) >= 11 is 1.25. The highest BCUT2D eigenvalue weighted by molar-refractivity contribution is 7.20. The second kappa shape index (κ2) is 7.82. The minimum atomic E-state index is -0.499. The van der Waals surface area contributed by atoms with Crippen molar-refractivity contribution >= 4 is 27.3 Å². The minimum Gasteiger partial charge on any atom is -0.468 e. The fourth-order valence-corrected chi connectivity index (χ4v) is 4.09. The van der Waals surface area contributed by atoms with Gasteiger partial charge in [0.05, 0.1) is 17.3 Å². The van der Waals surface area contributed by atoms with Gasteiger partial charge in [0.2, 0.25) is 0 Å². The van der Waals surface area contributed by atoms with Gasteiger partial charge in [-0.25, -0.2) is 4.98 Å². The molecule has 9 nitrogen and oxygen atoms in total. The van der Waals surface area contributed by atoms with Crippen LogP contribution in [0.5, 0.6) is 6.01 Å². The lowest BCUT2D eigenvalue weighted by molar-refractivity contribution is 0.100. The lowest BCUT2D eigenvalue weighted by Gasteiger charge is -2.02. The Hall–Kier alpha value is -4.18. The van der Waals surface area contributed by atoms with Gasteiger partial charge in [0.25, 0.3) is 29.1 Å². The van der Waals surface area contributed by atoms with Gasteiger partial charge < -0.3 is 9.15 Å². The number of thiazole rings is 1. The second-order valence-electron chi connectivity index (χ2n) is 6.86. The molecule has 158 valence electrons. The lowest BCUT2D eigenvalue weighted by atomic mass is 10.1. The minimum absolute atomic E-state index is 0.00192. The monoisotopic (exact) mass is 445 g/mol. The normalized spacial score (nSPS) is 11.1. The molecule has 0 atom stereocenters. The van der Waals surface area contributed by atoms with Crippen LogP contribution in [0.4, 0.5) is 0 Å². The van der Waals surface area contributed by atoms with Gasteiger partial charge >= 0.3 is 0 Å². The number of H-pyrrole nitrogens is 1. The molecule has 5 rings (SSSR count). The van der Waals surface area contributed by atoms with Gasteiger partial charge in [-0.1, -0.05) is 36.4 Å². The van der Waals surface area contributed by atoms with E-state index in [1.54, 1.807) is 6.92 Å². The summed E-state index contributed by atoms with van der Waals surface area (Å²) in [6, 6.07) is 15.8. The van der Waals surface area contributed by atoms with E-state index in [1.807, 2.05) is 48.5 Å². The number of hydrogen-bond donors (Lipinski definition) is 1. The third kappa shape index (κ3) is 3.46. The summed E-state index contributed by atoms with van der Waals surface area (Å²) < 4.78 is 11.4. The Morgan fingerprint density at radius 3 is 2.66 bits per heavy atom. The molecule has 0 bridgehead atoms. The van der Waals surface area contributed by atoms with Gasteiger partial charge in [-0.3, -0.25) is 14.6 Å². The van der Waals surface area contributed by atoms with Crippen LogP contribution in [0.15, 0.2) is 57.7 Å². The van der Waals surface area contributed by atoms with Crippen LogP contribution in [0.3, 0.4) is 0 Å². The summed E-state index contributed by atoms with van der Waals surface area (Å²) in [4.78, 5) is 36.0. The van der Waals surface area contributed by atoms with Crippen LogP contribution in [-0.4, -0.2) is 38.0 Å². The highest BCUT2D eigenvalue weighted by Crippen LogP contribution is 2.29. The van der Waals surface area contributed by atoms with Crippen molar-refractivity contribution in [1.29, 1.82) is 0 Å². The molecule has 3 heterocycles. The van der Waals surface area contributed by atoms with Crippen molar-refractivity contribution in [2.45, 2.75) is 6.92 Å². The molecule has 32 heavy (non-hydrogen) atoms. The number of aromatic amines is 1. The average Bonchev–Trinajstić information content (AvgIpc) is 3.48. The zero-order valence-corrected chi connectivity index (χ0v) is 17.8. The molecule has 0 aliphatic carbocycles. The van der Waals surface area contributed by atoms with Crippen LogP contribution < -0.4 is 10.3 Å². The van der Waals surface area contributed by atoms with E-state index in [4.69, 9.17) is 9.15 Å². The standard InChI is InChI=1S/C22H15N5O4S/c1-11-16(24-22(30-2)25-18(11)29)19-26-27-20(31-19)17(28)21-23-14-9-8-13(10-15(14)32-21)12-6-4-3-5-7-12/h3-10H,1-2H3,(H,24,25,29). The van der Waals surface area contributed by atoms with Crippen LogP contribution >= 0.6 is 11.3 Å². The number of ketones is 1. The zero-order valence-electron chi connectivity index (χ0n) is 16.9. The number of fused-ring (bicyclic) bond motifs is 1. The third-order valence-corrected chi connectivity index (χ3v) is 5.85. The molecular weight excluding hydrogens is 430 g/mol. The third-order valence-electron chi connectivity index (χ3n) is 4.83. The largest absolute Gasteiger partial charge is 0.468 e. The van der Waals surface area contributed by atoms with Crippen molar-refractivity contribution < 1.29 is 13.9 Å². The van der Waals surface area contributed by atoms with Gasteiger partial charge in [0.15, 0.2) is 5.01 Å². The summed E-state index contributed by atoms with van der Waals surface area (Å²) in [5.74, 6) is -0.786. The molecule has 3 aromatic heterocycles. The van der Waals surface area contributed by atoms with E-state index in [-0.39, 0.29) is 34.1 Å². The predicted octanol–water partition coefficient (Wildman–Crippen LogP) is 3.64. The number of hydrogen-bond acceptors (Lipinski definition) is 9. The summed E-state index contributed by atoms with van der Waals surface area (Å²) in [5.41, 5.74) is 2.82. The summed E-state index contributed by atoms with van der Waals surface area (Å²) in [6.45, 7) is 1.56. The van der Waals surface area contributed by atoms with Crippen LogP contribution in [0.1, 0.15) is 21.3 Å².